The summed E-state index contributed by atoms with van der Waals surface area (Å²) >= 11 is 5.46. The number of likely N-dealkylation sites (tertiary alicyclic amines) is 2. The van der Waals surface area contributed by atoms with E-state index in [4.69, 9.17) is 26.8 Å². The molecular weight excluding hydrogens is 712 g/mol. The highest BCUT2D eigenvalue weighted by molar-refractivity contribution is 6.28. The van der Waals surface area contributed by atoms with E-state index in [1.54, 1.807) is 25.5 Å². The fourth-order valence-corrected chi connectivity index (χ4v) is 7.14. The molecule has 0 amide bonds. The molecule has 0 bridgehead atoms. The number of rotatable bonds is 16. The van der Waals surface area contributed by atoms with E-state index in [2.05, 4.69) is 70.0 Å². The van der Waals surface area contributed by atoms with Crippen LogP contribution in [0.1, 0.15) is 87.2 Å². The van der Waals surface area contributed by atoms with Gasteiger partial charge in [-0.05, 0) is 149 Å². The average molecular weight is 771 g/mol. The van der Waals surface area contributed by atoms with Gasteiger partial charge in [0.1, 0.15) is 23.1 Å². The highest BCUT2D eigenvalue weighted by Gasteiger charge is 2.28. The van der Waals surface area contributed by atoms with Crippen molar-refractivity contribution in [2.24, 2.45) is 0 Å². The molecule has 2 saturated heterocycles. The molecule has 8 rings (SSSR count). The van der Waals surface area contributed by atoms with E-state index in [0.29, 0.717) is 17.8 Å². The van der Waals surface area contributed by atoms with Crippen molar-refractivity contribution in [3.8, 4) is 11.5 Å². The minimum Gasteiger partial charge on any atom is -0.493 e. The first kappa shape index (κ1) is 40.3. The molecular formula is C42H59ClN10O2. The zero-order valence-corrected chi connectivity index (χ0v) is 33.4. The van der Waals surface area contributed by atoms with Crippen LogP contribution in [0.2, 0.25) is 5.28 Å². The molecule has 2 saturated carbocycles. The van der Waals surface area contributed by atoms with Crippen molar-refractivity contribution in [2.45, 2.75) is 76.0 Å². The lowest BCUT2D eigenvalue weighted by molar-refractivity contribution is 0.262. The van der Waals surface area contributed by atoms with Crippen LogP contribution in [-0.2, 0) is 0 Å². The number of nitrogens with two attached hydrogens (primary N) is 1. The molecule has 296 valence electrons. The Labute approximate surface area is 332 Å². The van der Waals surface area contributed by atoms with Crippen LogP contribution in [0.25, 0.3) is 0 Å². The molecule has 4 aromatic rings. The second-order valence-electron chi connectivity index (χ2n) is 14.7. The van der Waals surface area contributed by atoms with E-state index < -0.39 is 0 Å². The van der Waals surface area contributed by atoms with Gasteiger partial charge in [0.2, 0.25) is 11.2 Å². The van der Waals surface area contributed by atoms with Gasteiger partial charge in [0.25, 0.3) is 0 Å². The molecule has 13 heteroatoms. The second kappa shape index (κ2) is 21.1. The third-order valence-corrected chi connectivity index (χ3v) is 10.5. The number of halogens is 1. The van der Waals surface area contributed by atoms with Gasteiger partial charge in [-0.1, -0.05) is 12.1 Å². The fourth-order valence-electron chi connectivity index (χ4n) is 6.99. The first-order valence-corrected chi connectivity index (χ1v) is 20.5. The molecule has 2 aromatic heterocycles. The Morgan fingerprint density at radius 3 is 1.75 bits per heavy atom. The zero-order chi connectivity index (χ0) is 38.2. The summed E-state index contributed by atoms with van der Waals surface area (Å²) < 4.78 is 12.2. The van der Waals surface area contributed by atoms with Gasteiger partial charge < -0.3 is 41.0 Å². The van der Waals surface area contributed by atoms with Crippen LogP contribution in [0.5, 0.6) is 11.5 Å². The Hall–Kier alpha value is -4.39. The summed E-state index contributed by atoms with van der Waals surface area (Å²) in [6.45, 7) is 8.92. The Bertz CT molecular complexity index is 1760. The molecule has 2 aromatic carbocycles. The van der Waals surface area contributed by atoms with Gasteiger partial charge in [-0.25, -0.2) is 15.0 Å². The van der Waals surface area contributed by atoms with Crippen LogP contribution in [0.15, 0.2) is 60.9 Å². The van der Waals surface area contributed by atoms with Crippen molar-refractivity contribution in [1.29, 1.82) is 0 Å². The quantitative estimate of drug-likeness (QED) is 0.0497. The van der Waals surface area contributed by atoms with Crippen molar-refractivity contribution < 1.29 is 9.47 Å². The minimum atomic E-state index is 0.266. The lowest BCUT2D eigenvalue weighted by Crippen LogP contribution is -2.22. The number of anilines is 5. The van der Waals surface area contributed by atoms with Crippen molar-refractivity contribution in [2.75, 3.05) is 88.3 Å². The highest BCUT2D eigenvalue weighted by Crippen LogP contribution is 2.46. The van der Waals surface area contributed by atoms with Crippen molar-refractivity contribution in [1.82, 2.24) is 29.7 Å². The maximum absolute atomic E-state index is 6.20. The SMILES string of the molecule is CNc1ccnc(Cl)n1.CNc1ccnc(Nc2ccc(C3CC3)c(OCCCN3CCCC3)c2)n1.Nc1ccc(C2CC2)c(OCCCN2CCCC2)c1. The first-order chi connectivity index (χ1) is 27.0. The average Bonchev–Trinajstić information content (AvgIpc) is 4.12. The first-order valence-electron chi connectivity index (χ1n) is 20.1. The number of nitrogens with zero attached hydrogens (tertiary/aromatic N) is 6. The van der Waals surface area contributed by atoms with Crippen LogP contribution < -0.4 is 31.2 Å². The fraction of sp³-hybridized carbons (Fsp3) is 0.524. The normalized spacial score (nSPS) is 16.7. The predicted octanol–water partition coefficient (Wildman–Crippen LogP) is 8.19. The molecule has 0 atom stereocenters. The molecule has 0 unspecified atom stereocenters. The molecule has 0 spiro atoms. The summed E-state index contributed by atoms with van der Waals surface area (Å²) in [4.78, 5) is 21.3. The lowest BCUT2D eigenvalue weighted by atomic mass is 10.1. The Morgan fingerprint density at radius 1 is 0.691 bits per heavy atom. The zero-order valence-electron chi connectivity index (χ0n) is 32.6. The van der Waals surface area contributed by atoms with E-state index >= 15 is 0 Å². The smallest absolute Gasteiger partial charge is 0.229 e. The molecule has 0 radical (unpaired) electrons. The van der Waals surface area contributed by atoms with Gasteiger partial charge in [0.05, 0.1) is 13.2 Å². The van der Waals surface area contributed by atoms with E-state index in [9.17, 15) is 0 Å². The summed E-state index contributed by atoms with van der Waals surface area (Å²) in [6, 6.07) is 16.1. The van der Waals surface area contributed by atoms with Gasteiger partial charge in [0, 0.05) is 63.1 Å². The highest BCUT2D eigenvalue weighted by atomic mass is 35.5. The molecule has 12 nitrogen and oxygen atoms in total. The third-order valence-electron chi connectivity index (χ3n) is 10.3. The summed E-state index contributed by atoms with van der Waals surface area (Å²) in [6.07, 6.45) is 16.1. The molecule has 4 fully saturated rings. The number of nitrogen functional groups attached to an aromatic ring is 1. The van der Waals surface area contributed by atoms with Crippen molar-refractivity contribution >= 4 is 40.6 Å². The monoisotopic (exact) mass is 770 g/mol. The Morgan fingerprint density at radius 2 is 1.22 bits per heavy atom. The molecule has 4 heterocycles. The number of benzene rings is 2. The maximum atomic E-state index is 6.20. The van der Waals surface area contributed by atoms with E-state index in [0.717, 1.165) is 67.1 Å². The van der Waals surface area contributed by atoms with E-state index in [-0.39, 0.29) is 5.28 Å². The van der Waals surface area contributed by atoms with Crippen LogP contribution in [0.3, 0.4) is 0 Å². The van der Waals surface area contributed by atoms with Crippen LogP contribution >= 0.6 is 11.6 Å². The van der Waals surface area contributed by atoms with Crippen molar-refractivity contribution in [3.05, 3.63) is 77.3 Å². The van der Waals surface area contributed by atoms with Crippen LogP contribution in [0, 0.1) is 0 Å². The third kappa shape index (κ3) is 13.4. The summed E-state index contributed by atoms with van der Waals surface area (Å²) in [5.41, 5.74) is 10.3. The maximum Gasteiger partial charge on any atom is 0.229 e. The minimum absolute atomic E-state index is 0.266. The summed E-state index contributed by atoms with van der Waals surface area (Å²) in [7, 11) is 3.63. The lowest BCUT2D eigenvalue weighted by Gasteiger charge is -2.16. The van der Waals surface area contributed by atoms with Crippen molar-refractivity contribution in [3.63, 3.8) is 0 Å². The standard InChI is InChI=1S/C21H29N5O.C16H24N2O.C5H6ClN3/c1-22-20-9-10-23-21(25-20)24-17-7-8-18(16-5-6-16)19(15-17)27-14-4-13-26-11-2-3-12-26;17-14-6-7-15(13-4-5-13)16(12-14)19-11-3-10-18-8-1-2-9-18;1-7-4-2-3-8-5(6)9-4/h7-10,15-16H,2-6,11-14H2,1H3,(H2,22,23,24,25);6-7,12-13H,1-5,8-11,17H2;2-3H,1H3,(H,7,8,9). The van der Waals surface area contributed by atoms with E-state index in [1.165, 1.54) is 95.2 Å². The Balaban J connectivity index is 0.000000159. The summed E-state index contributed by atoms with van der Waals surface area (Å²) in [5, 5.41) is 9.42. The van der Waals surface area contributed by atoms with Crippen LogP contribution in [0.4, 0.5) is 29.0 Å². The topological polar surface area (TPSA) is 139 Å². The van der Waals surface area contributed by atoms with E-state index in [1.807, 2.05) is 25.2 Å². The molecule has 5 N–H and O–H groups in total. The number of ether oxygens (including phenoxy) is 2. The second-order valence-corrected chi connectivity index (χ2v) is 15.0. The number of nitrogens with one attached hydrogen (secondary N) is 3. The van der Waals surface area contributed by atoms with Gasteiger partial charge in [-0.15, -0.1) is 0 Å². The number of aromatic nitrogens is 4. The predicted molar refractivity (Wildman–Crippen MR) is 224 cm³/mol. The van der Waals surface area contributed by atoms with Gasteiger partial charge >= 0.3 is 0 Å². The van der Waals surface area contributed by atoms with Crippen LogP contribution in [-0.4, -0.2) is 96.3 Å². The molecule has 2 aliphatic carbocycles. The largest absolute Gasteiger partial charge is 0.493 e. The Kier molecular flexibility index (Phi) is 15.4. The molecule has 4 aliphatic rings. The van der Waals surface area contributed by atoms with Gasteiger partial charge in [0.15, 0.2) is 0 Å². The van der Waals surface area contributed by atoms with Gasteiger partial charge in [-0.2, -0.15) is 4.98 Å². The molecule has 55 heavy (non-hydrogen) atoms. The molecule has 2 aliphatic heterocycles. The van der Waals surface area contributed by atoms with Gasteiger partial charge in [-0.3, -0.25) is 0 Å². The number of hydrogen-bond acceptors (Lipinski definition) is 12. The summed E-state index contributed by atoms with van der Waals surface area (Å²) in [5.74, 6) is 5.51. The number of hydrogen-bond donors (Lipinski definition) is 4.